The van der Waals surface area contributed by atoms with Crippen molar-refractivity contribution < 1.29 is 9.59 Å². The van der Waals surface area contributed by atoms with Gasteiger partial charge < -0.3 is 10.2 Å². The minimum absolute atomic E-state index is 0.232. The average molecular weight is 384 g/mol. The highest BCUT2D eigenvalue weighted by Crippen LogP contribution is 2.17. The maximum atomic E-state index is 12.6. The Morgan fingerprint density at radius 3 is 2.54 bits per heavy atom. The third-order valence-electron chi connectivity index (χ3n) is 4.25. The lowest BCUT2D eigenvalue weighted by molar-refractivity contribution is 0.0816. The molecule has 10 nitrogen and oxygen atoms in total. The van der Waals surface area contributed by atoms with Crippen molar-refractivity contribution in [2.45, 2.75) is 34.0 Å². The first-order valence-electron chi connectivity index (χ1n) is 8.93. The van der Waals surface area contributed by atoms with Crippen molar-refractivity contribution in [3.63, 3.8) is 0 Å². The van der Waals surface area contributed by atoms with E-state index in [0.717, 1.165) is 11.4 Å². The fourth-order valence-electron chi connectivity index (χ4n) is 2.86. The number of hydrogen-bond donors (Lipinski definition) is 1. The normalized spacial score (nSPS) is 10.9. The number of rotatable bonds is 6. The van der Waals surface area contributed by atoms with Crippen LogP contribution in [0, 0.1) is 13.8 Å². The van der Waals surface area contributed by atoms with Gasteiger partial charge in [-0.1, -0.05) is 0 Å². The number of aromatic nitrogens is 6. The lowest BCUT2D eigenvalue weighted by Gasteiger charge is -2.13. The Hall–Kier alpha value is -3.43. The summed E-state index contributed by atoms with van der Waals surface area (Å²) in [6, 6.07) is 3.60. The monoisotopic (exact) mass is 384 g/mol. The lowest BCUT2D eigenvalue weighted by Crippen LogP contribution is -2.26. The first kappa shape index (κ1) is 19.3. The molecule has 0 bridgehead atoms. The molecule has 28 heavy (non-hydrogen) atoms. The van der Waals surface area contributed by atoms with Crippen LogP contribution in [0.5, 0.6) is 0 Å². The van der Waals surface area contributed by atoms with Gasteiger partial charge in [-0.05, 0) is 32.9 Å². The van der Waals surface area contributed by atoms with Crippen LogP contribution in [0.2, 0.25) is 0 Å². The molecule has 0 aromatic carbocycles. The molecular formula is C18H24N8O2. The smallest absolute Gasteiger partial charge is 0.276 e. The van der Waals surface area contributed by atoms with Gasteiger partial charge in [0.1, 0.15) is 12.4 Å². The Bertz CT molecular complexity index is 1010. The van der Waals surface area contributed by atoms with Crippen molar-refractivity contribution in [2.24, 2.45) is 0 Å². The first-order valence-corrected chi connectivity index (χ1v) is 8.93. The molecular weight excluding hydrogens is 360 g/mol. The van der Waals surface area contributed by atoms with Gasteiger partial charge >= 0.3 is 0 Å². The van der Waals surface area contributed by atoms with Gasteiger partial charge in [-0.25, -0.2) is 4.68 Å². The second-order valence-electron chi connectivity index (χ2n) is 6.68. The zero-order valence-corrected chi connectivity index (χ0v) is 16.7. The molecule has 0 atom stereocenters. The minimum Gasteiger partial charge on any atom is -0.343 e. The van der Waals surface area contributed by atoms with E-state index in [-0.39, 0.29) is 11.6 Å². The number of aryl methyl sites for hydroxylation is 3. The molecule has 0 aliphatic heterocycles. The molecule has 3 heterocycles. The van der Waals surface area contributed by atoms with E-state index in [1.54, 1.807) is 35.7 Å². The van der Waals surface area contributed by atoms with Gasteiger partial charge in [-0.3, -0.25) is 19.0 Å². The van der Waals surface area contributed by atoms with Crippen molar-refractivity contribution in [2.75, 3.05) is 19.4 Å². The van der Waals surface area contributed by atoms with Crippen molar-refractivity contribution >= 4 is 17.5 Å². The molecule has 3 rings (SSSR count). The van der Waals surface area contributed by atoms with E-state index in [1.165, 1.54) is 11.1 Å². The molecule has 3 aromatic rings. The Morgan fingerprint density at radius 1 is 1.18 bits per heavy atom. The van der Waals surface area contributed by atoms with E-state index in [2.05, 4.69) is 20.6 Å². The first-order chi connectivity index (χ1) is 13.3. The van der Waals surface area contributed by atoms with Gasteiger partial charge in [-0.15, -0.1) is 0 Å². The van der Waals surface area contributed by atoms with Crippen LogP contribution in [0.25, 0.3) is 0 Å². The molecule has 0 radical (unpaired) electrons. The van der Waals surface area contributed by atoms with Crippen LogP contribution in [0.15, 0.2) is 24.5 Å². The molecule has 0 spiro atoms. The third-order valence-corrected chi connectivity index (χ3v) is 4.25. The Balaban J connectivity index is 1.77. The Labute approximate surface area is 162 Å². The fourth-order valence-corrected chi connectivity index (χ4v) is 2.86. The van der Waals surface area contributed by atoms with Crippen molar-refractivity contribution in [1.29, 1.82) is 0 Å². The lowest BCUT2D eigenvalue weighted by atomic mass is 10.3. The third kappa shape index (κ3) is 3.80. The molecule has 3 aromatic heterocycles. The predicted octanol–water partition coefficient (Wildman–Crippen LogP) is 1.37. The number of carbonyl (C=O) groups excluding carboxylic acids is 2. The topological polar surface area (TPSA) is 103 Å². The van der Waals surface area contributed by atoms with Crippen LogP contribution >= 0.6 is 0 Å². The van der Waals surface area contributed by atoms with Crippen molar-refractivity contribution in [3.8, 4) is 0 Å². The number of anilines is 1. The second kappa shape index (κ2) is 7.67. The predicted molar refractivity (Wildman–Crippen MR) is 103 cm³/mol. The number of carbonyl (C=O) groups is 2. The molecule has 1 N–H and O–H groups in total. The van der Waals surface area contributed by atoms with E-state index in [4.69, 9.17) is 0 Å². The highest BCUT2D eigenvalue weighted by atomic mass is 16.2. The second-order valence-corrected chi connectivity index (χ2v) is 6.68. The summed E-state index contributed by atoms with van der Waals surface area (Å²) < 4.78 is 5.00. The highest BCUT2D eigenvalue weighted by Gasteiger charge is 2.22. The minimum atomic E-state index is -0.407. The largest absolute Gasteiger partial charge is 0.343 e. The van der Waals surface area contributed by atoms with Gasteiger partial charge in [0, 0.05) is 32.5 Å². The average Bonchev–Trinajstić information content (AvgIpc) is 3.34. The molecule has 2 amide bonds. The van der Waals surface area contributed by atoms with E-state index >= 15 is 0 Å². The van der Waals surface area contributed by atoms with Gasteiger partial charge in [-0.2, -0.15) is 15.3 Å². The van der Waals surface area contributed by atoms with E-state index < -0.39 is 5.91 Å². The van der Waals surface area contributed by atoms with Crippen LogP contribution in [-0.4, -0.2) is 60.2 Å². The molecule has 148 valence electrons. The SMILES string of the molecule is CCn1ncc(NC(=O)c2ccn(Cn3nc(C)cc3C)n2)c1C(=O)N(C)C. The maximum absolute atomic E-state index is 12.6. The summed E-state index contributed by atoms with van der Waals surface area (Å²) in [5, 5.41) is 15.6. The van der Waals surface area contributed by atoms with Crippen LogP contribution in [-0.2, 0) is 13.2 Å². The molecule has 0 saturated heterocycles. The summed E-state index contributed by atoms with van der Waals surface area (Å²) in [7, 11) is 3.31. The number of nitrogens with zero attached hydrogens (tertiary/aromatic N) is 7. The summed E-state index contributed by atoms with van der Waals surface area (Å²) in [5.41, 5.74) is 2.88. The van der Waals surface area contributed by atoms with Crippen LogP contribution < -0.4 is 5.32 Å². The standard InChI is InChI=1S/C18H24N8O2/c1-6-25-16(18(28)23(4)5)15(10-19-25)20-17(27)14-7-8-24(22-14)11-26-13(3)9-12(2)21-26/h7-10H,6,11H2,1-5H3,(H,20,27). The van der Waals surface area contributed by atoms with Crippen LogP contribution in [0.3, 0.4) is 0 Å². The summed E-state index contributed by atoms with van der Waals surface area (Å²) in [4.78, 5) is 26.5. The summed E-state index contributed by atoms with van der Waals surface area (Å²) >= 11 is 0. The maximum Gasteiger partial charge on any atom is 0.276 e. The Kier molecular flexibility index (Phi) is 5.30. The fraction of sp³-hybridized carbons (Fsp3) is 0.389. The highest BCUT2D eigenvalue weighted by molar-refractivity contribution is 6.07. The van der Waals surface area contributed by atoms with Gasteiger partial charge in [0.05, 0.1) is 17.6 Å². The Morgan fingerprint density at radius 2 is 1.93 bits per heavy atom. The molecule has 0 aliphatic carbocycles. The molecule has 10 heteroatoms. The van der Waals surface area contributed by atoms with Crippen molar-refractivity contribution in [3.05, 3.63) is 47.3 Å². The molecule has 0 fully saturated rings. The molecule has 0 saturated carbocycles. The van der Waals surface area contributed by atoms with E-state index in [0.29, 0.717) is 24.6 Å². The van der Waals surface area contributed by atoms with Gasteiger partial charge in [0.25, 0.3) is 11.8 Å². The van der Waals surface area contributed by atoms with Crippen LogP contribution in [0.1, 0.15) is 39.3 Å². The molecule has 0 aliphatic rings. The number of nitrogens with one attached hydrogen (secondary N) is 1. The van der Waals surface area contributed by atoms with E-state index in [9.17, 15) is 9.59 Å². The summed E-state index contributed by atoms with van der Waals surface area (Å²) in [6.07, 6.45) is 3.19. The number of amides is 2. The summed E-state index contributed by atoms with van der Waals surface area (Å²) in [6.45, 7) is 6.69. The zero-order valence-electron chi connectivity index (χ0n) is 16.7. The van der Waals surface area contributed by atoms with Gasteiger partial charge in [0.2, 0.25) is 0 Å². The van der Waals surface area contributed by atoms with Crippen molar-refractivity contribution in [1.82, 2.24) is 34.2 Å². The van der Waals surface area contributed by atoms with Crippen LogP contribution in [0.4, 0.5) is 5.69 Å². The summed E-state index contributed by atoms with van der Waals surface area (Å²) in [5.74, 6) is -0.639. The van der Waals surface area contributed by atoms with Gasteiger partial charge in [0.15, 0.2) is 5.69 Å². The quantitative estimate of drug-likeness (QED) is 0.691. The number of hydrogen-bond acceptors (Lipinski definition) is 5. The van der Waals surface area contributed by atoms with E-state index in [1.807, 2.05) is 31.5 Å². The zero-order chi connectivity index (χ0) is 20.4. The molecule has 0 unspecified atom stereocenters.